The predicted molar refractivity (Wildman–Crippen MR) is 630 cm³/mol. The van der Waals surface area contributed by atoms with Gasteiger partial charge in [-0.3, -0.25) is 0 Å². The summed E-state index contributed by atoms with van der Waals surface area (Å²) in [6, 6.07) is 213. The minimum Gasteiger partial charge on any atom is -0.310 e. The highest BCUT2D eigenvalue weighted by Crippen LogP contribution is 2.55. The zero-order chi connectivity index (χ0) is 97.9. The van der Waals surface area contributed by atoms with Crippen LogP contribution in [0.1, 0.15) is 0 Å². The van der Waals surface area contributed by atoms with E-state index in [2.05, 4.69) is 601 Å². The topological polar surface area (TPSA) is 16.3 Å². The summed E-state index contributed by atoms with van der Waals surface area (Å²) in [7, 11) is 0. The van der Waals surface area contributed by atoms with Crippen molar-refractivity contribution >= 4 is 142 Å². The maximum atomic E-state index is 2.47. The van der Waals surface area contributed by atoms with E-state index in [9.17, 15) is 0 Å². The SMILES string of the molecule is c1ccc(-c2cccc(-c3c4ccccc4c(-c4c5ccccc5c(N(c5ccccc5)c5ccc(-n6c7ccc(-c8ccccc8)cc7c7cc(-c8ccccc8)ccc76)cc5)c5ccccc45)c4ccccc34)c2)cc1.c1ccc(-c2cccc(-c3c4ccccc4c(-c4cccc(N(c5ccccc5)c5ccc(-n6c7ccc(-c8ccccc8)cc7c7cc(-c8ccccc8)ccc76)cc5)c4)c4ccccc34)c2)cc1. The largest absolute Gasteiger partial charge is 0.310 e. The van der Waals surface area contributed by atoms with Gasteiger partial charge in [0.1, 0.15) is 0 Å². The number of anilines is 6. The van der Waals surface area contributed by atoms with Crippen molar-refractivity contribution in [2.24, 2.45) is 0 Å². The molecule has 4 nitrogen and oxygen atoms in total. The minimum absolute atomic E-state index is 1.07. The van der Waals surface area contributed by atoms with Gasteiger partial charge in [0.05, 0.1) is 27.8 Å². The Balaban J connectivity index is 0.000000147. The van der Waals surface area contributed by atoms with E-state index >= 15 is 0 Å². The van der Waals surface area contributed by atoms with E-state index in [1.54, 1.807) is 0 Å². The van der Waals surface area contributed by atoms with E-state index in [4.69, 9.17) is 0 Å². The van der Waals surface area contributed by atoms with E-state index in [-0.39, 0.29) is 0 Å². The van der Waals surface area contributed by atoms with Crippen LogP contribution in [0.5, 0.6) is 0 Å². The second kappa shape index (κ2) is 37.7. The molecule has 0 saturated carbocycles. The van der Waals surface area contributed by atoms with Crippen molar-refractivity contribution in [1.82, 2.24) is 9.13 Å². The Kier molecular flexibility index (Phi) is 22.3. The van der Waals surface area contributed by atoms with Gasteiger partial charge in [-0.25, -0.2) is 0 Å². The first-order valence-electron chi connectivity index (χ1n) is 51.0. The Bertz CT molecular complexity index is 9550. The Morgan fingerprint density at radius 2 is 0.304 bits per heavy atom. The van der Waals surface area contributed by atoms with Crippen molar-refractivity contribution in [2.45, 2.75) is 0 Å². The molecule has 0 aliphatic rings. The van der Waals surface area contributed by atoms with Gasteiger partial charge in [0.25, 0.3) is 0 Å². The molecule has 28 rings (SSSR count). The second-order valence-corrected chi connectivity index (χ2v) is 38.4. The quantitative estimate of drug-likeness (QED) is 0.0796. The van der Waals surface area contributed by atoms with Crippen molar-refractivity contribution < 1.29 is 0 Å². The van der Waals surface area contributed by atoms with E-state index in [0.717, 1.165) is 45.5 Å². The molecule has 0 unspecified atom stereocenters. The van der Waals surface area contributed by atoms with E-state index < -0.39 is 0 Å². The molecule has 26 aromatic carbocycles. The van der Waals surface area contributed by atoms with Crippen molar-refractivity contribution in [3.63, 3.8) is 0 Å². The standard InChI is InChI=1S/C76H50N2.C68H46N2/c1-5-22-51(23-6-1)54-28-21-29-57(48-54)73-61-32-13-15-34-63(61)74(64-35-16-14-33-62(64)73)75-65-36-17-19-38-67(65)76(68-39-20-18-37-66(68)75)77(58-30-11-4-12-31-58)59-42-44-60(45-43-59)78-71-46-40-55(52-24-7-2-8-25-52)49-69(71)70-50-56(41-47-72(70)78)53-26-9-3-10-27-53;1-5-19-47(20-6-1)50-25-17-26-53(43-50)67-59-31-13-15-33-61(59)68(62-34-16-14-32-60(62)67)54-27-18-30-58(44-54)69(55-28-11-4-12-29-55)56-37-39-57(40-38-56)70-65-41-35-51(48-21-7-2-8-22-48)45-63(65)64-46-52(36-42-66(64)70)49-23-9-3-10-24-49/h1-50H;1-46H. The lowest BCUT2D eigenvalue weighted by atomic mass is 9.82. The van der Waals surface area contributed by atoms with Gasteiger partial charge >= 0.3 is 0 Å². The molecule has 692 valence electrons. The lowest BCUT2D eigenvalue weighted by Crippen LogP contribution is -2.11. The first-order chi connectivity index (χ1) is 73.5. The average molecular weight is 1880 g/mol. The molecule has 0 fully saturated rings. The van der Waals surface area contributed by atoms with Crippen LogP contribution in [0.2, 0.25) is 0 Å². The molecule has 0 spiro atoms. The first-order valence-corrected chi connectivity index (χ1v) is 51.0. The summed E-state index contributed by atoms with van der Waals surface area (Å²) in [6.07, 6.45) is 0. The van der Waals surface area contributed by atoms with Crippen LogP contribution < -0.4 is 9.80 Å². The van der Waals surface area contributed by atoms with Gasteiger partial charge in [0, 0.05) is 72.1 Å². The lowest BCUT2D eigenvalue weighted by molar-refractivity contribution is 1.17. The average Bonchev–Trinajstić information content (AvgIpc) is 0.977. The van der Waals surface area contributed by atoms with Crippen LogP contribution in [0.3, 0.4) is 0 Å². The summed E-state index contributed by atoms with van der Waals surface area (Å²) in [4.78, 5) is 4.85. The van der Waals surface area contributed by atoms with E-state index in [1.807, 2.05) is 0 Å². The third kappa shape index (κ3) is 15.7. The Hall–Kier alpha value is -19.5. The number of benzene rings is 26. The highest BCUT2D eigenvalue weighted by atomic mass is 15.2. The zero-order valence-corrected chi connectivity index (χ0v) is 81.2. The number of aromatic nitrogens is 2. The number of rotatable bonds is 18. The monoisotopic (exact) mass is 1880 g/mol. The van der Waals surface area contributed by atoms with Crippen molar-refractivity contribution in [2.75, 3.05) is 9.80 Å². The molecule has 2 aromatic heterocycles. The zero-order valence-electron chi connectivity index (χ0n) is 81.2. The van der Waals surface area contributed by atoms with Crippen molar-refractivity contribution in [3.05, 3.63) is 582 Å². The smallest absolute Gasteiger partial charge is 0.0618 e. The molecule has 148 heavy (non-hydrogen) atoms. The molecule has 0 amide bonds. The molecule has 0 saturated heterocycles. The highest BCUT2D eigenvalue weighted by molar-refractivity contribution is 6.31. The molecular weight excluding hydrogens is 1790 g/mol. The molecule has 0 atom stereocenters. The molecule has 28 aromatic rings. The molecule has 0 radical (unpaired) electrons. The first kappa shape index (κ1) is 87.5. The Morgan fingerprint density at radius 1 is 0.108 bits per heavy atom. The van der Waals surface area contributed by atoms with Crippen molar-refractivity contribution in [1.29, 1.82) is 0 Å². The number of hydrogen-bond acceptors (Lipinski definition) is 2. The number of para-hydroxylation sites is 2. The summed E-state index contributed by atoms with van der Waals surface area (Å²) >= 11 is 0. The lowest BCUT2D eigenvalue weighted by Gasteiger charge is -2.30. The van der Waals surface area contributed by atoms with Crippen LogP contribution in [0.4, 0.5) is 34.1 Å². The van der Waals surface area contributed by atoms with Crippen LogP contribution >= 0.6 is 0 Å². The second-order valence-electron chi connectivity index (χ2n) is 38.4. The summed E-state index contributed by atoms with van der Waals surface area (Å²) in [5.41, 5.74) is 37.8. The maximum absolute atomic E-state index is 2.47. The fraction of sp³-hybridized carbons (Fsp3) is 0. The van der Waals surface area contributed by atoms with Crippen molar-refractivity contribution in [3.8, 4) is 123 Å². The molecule has 4 heteroatoms. The number of fused-ring (bicyclic) bond motifs is 12. The molecule has 0 bridgehead atoms. The van der Waals surface area contributed by atoms with Crippen LogP contribution in [-0.4, -0.2) is 9.13 Å². The predicted octanol–water partition coefficient (Wildman–Crippen LogP) is 40.1. The summed E-state index contributed by atoms with van der Waals surface area (Å²) in [5, 5.41) is 19.5. The van der Waals surface area contributed by atoms with Gasteiger partial charge in [0.2, 0.25) is 0 Å². The molecule has 2 heterocycles. The highest BCUT2D eigenvalue weighted by Gasteiger charge is 2.29. The van der Waals surface area contributed by atoms with Crippen LogP contribution in [0, 0.1) is 0 Å². The van der Waals surface area contributed by atoms with Gasteiger partial charge in [-0.1, -0.05) is 437 Å². The van der Waals surface area contributed by atoms with Gasteiger partial charge in [-0.2, -0.15) is 0 Å². The molecular formula is C144H96N4. The third-order valence-electron chi connectivity index (χ3n) is 29.9. The van der Waals surface area contributed by atoms with Crippen LogP contribution in [0.15, 0.2) is 582 Å². The minimum atomic E-state index is 1.07. The van der Waals surface area contributed by atoms with Crippen LogP contribution in [0.25, 0.3) is 231 Å². The van der Waals surface area contributed by atoms with E-state index in [1.165, 1.54) is 220 Å². The molecule has 0 N–H and O–H groups in total. The third-order valence-corrected chi connectivity index (χ3v) is 29.9. The fourth-order valence-electron chi connectivity index (χ4n) is 23.2. The van der Waals surface area contributed by atoms with Gasteiger partial charge in [0.15, 0.2) is 0 Å². The maximum Gasteiger partial charge on any atom is 0.0618 e. The van der Waals surface area contributed by atoms with E-state index in [0.29, 0.717) is 0 Å². The molecule has 0 aliphatic heterocycles. The molecule has 0 aliphatic carbocycles. The van der Waals surface area contributed by atoms with Gasteiger partial charge < -0.3 is 18.9 Å². The number of hydrogen-bond donors (Lipinski definition) is 0. The summed E-state index contributed by atoms with van der Waals surface area (Å²) in [5.74, 6) is 0. The number of nitrogens with zero attached hydrogens (tertiary/aromatic N) is 4. The Labute approximate surface area is 860 Å². The van der Waals surface area contributed by atoms with Gasteiger partial charge in [-0.05, 0) is 311 Å². The van der Waals surface area contributed by atoms with Gasteiger partial charge in [-0.15, -0.1) is 0 Å². The fourth-order valence-corrected chi connectivity index (χ4v) is 23.2. The van der Waals surface area contributed by atoms with Crippen LogP contribution in [-0.2, 0) is 0 Å². The normalized spacial score (nSPS) is 11.5. The summed E-state index contributed by atoms with van der Waals surface area (Å²) in [6.45, 7) is 0. The summed E-state index contributed by atoms with van der Waals surface area (Å²) < 4.78 is 4.85. The Morgan fingerprint density at radius 3 is 0.595 bits per heavy atom.